The highest BCUT2D eigenvalue weighted by molar-refractivity contribution is 6.13. The van der Waals surface area contributed by atoms with Crippen molar-refractivity contribution in [3.8, 4) is 11.3 Å². The number of benzene rings is 5. The lowest BCUT2D eigenvalue weighted by molar-refractivity contribution is -0.556. The second kappa shape index (κ2) is 10.5. The average molecular weight is 633 g/mol. The number of amides is 1. The Bertz CT molecular complexity index is 2250. The third-order valence-electron chi connectivity index (χ3n) is 10.8. The van der Waals surface area contributed by atoms with E-state index in [4.69, 9.17) is 4.42 Å². The van der Waals surface area contributed by atoms with Crippen molar-refractivity contribution >= 4 is 22.4 Å². The zero-order chi connectivity index (χ0) is 32.6. The van der Waals surface area contributed by atoms with Crippen molar-refractivity contribution in [3.63, 3.8) is 0 Å². The van der Waals surface area contributed by atoms with Gasteiger partial charge in [-0.25, -0.2) is 0 Å². The number of carbonyl (C=O) groups excluding carboxylic acids is 1. The second-order valence-corrected chi connectivity index (χ2v) is 13.3. The van der Waals surface area contributed by atoms with E-state index in [-0.39, 0.29) is 17.3 Å². The summed E-state index contributed by atoms with van der Waals surface area (Å²) in [5, 5.41) is 28.4. The van der Waals surface area contributed by atoms with E-state index in [0.717, 1.165) is 21.9 Å². The molecule has 1 amide bonds. The highest BCUT2D eigenvalue weighted by Gasteiger charge is 2.73. The maximum Gasteiger partial charge on any atom is 0.254 e. The molecule has 7 heteroatoms. The van der Waals surface area contributed by atoms with Crippen LogP contribution in [-0.2, 0) is 28.8 Å². The van der Waals surface area contributed by atoms with Gasteiger partial charge < -0.3 is 14.4 Å². The number of carbonyl (C=O) groups is 1. The van der Waals surface area contributed by atoms with Crippen molar-refractivity contribution in [2.75, 3.05) is 4.90 Å². The van der Waals surface area contributed by atoms with Crippen LogP contribution in [0.1, 0.15) is 52.3 Å². The van der Waals surface area contributed by atoms with Gasteiger partial charge >= 0.3 is 0 Å². The van der Waals surface area contributed by atoms with Crippen LogP contribution in [0.4, 0.5) is 5.69 Å². The molecule has 9 rings (SSSR count). The molecule has 5 aromatic carbocycles. The molecule has 7 nitrogen and oxygen atoms in total. The van der Waals surface area contributed by atoms with Gasteiger partial charge in [0.1, 0.15) is 16.9 Å². The lowest BCUT2D eigenvalue weighted by Gasteiger charge is -2.49. The SMILES string of the molecule is O=C1N(Cc2ccccc2)c2ccccc2[C@@]12c1c(-c3ccc4ccccc4c3)oc3c1[C@@](O)(CCC3)[C@H]([N+](=O)[O-])[C@H]2c1ccccc1. The van der Waals surface area contributed by atoms with E-state index < -0.39 is 23.0 Å². The number of aryl methyl sites for hydroxylation is 1. The lowest BCUT2D eigenvalue weighted by atomic mass is 9.51. The van der Waals surface area contributed by atoms with Gasteiger partial charge in [-0.05, 0) is 52.4 Å². The minimum atomic E-state index is -1.85. The van der Waals surface area contributed by atoms with Crippen LogP contribution in [0.5, 0.6) is 0 Å². The molecule has 0 radical (unpaired) electrons. The lowest BCUT2D eigenvalue weighted by Crippen LogP contribution is -2.62. The Hall–Kier alpha value is -5.53. The van der Waals surface area contributed by atoms with E-state index >= 15 is 4.79 Å². The van der Waals surface area contributed by atoms with E-state index in [9.17, 15) is 15.2 Å². The van der Waals surface area contributed by atoms with Crippen LogP contribution < -0.4 is 4.90 Å². The highest BCUT2D eigenvalue weighted by atomic mass is 16.6. The molecule has 3 aliphatic rings. The van der Waals surface area contributed by atoms with Crippen molar-refractivity contribution < 1.29 is 19.2 Å². The summed E-state index contributed by atoms with van der Waals surface area (Å²) in [6.07, 6.45) is 1.23. The third-order valence-corrected chi connectivity index (χ3v) is 10.8. The molecule has 2 aliphatic carbocycles. The summed E-state index contributed by atoms with van der Waals surface area (Å²) >= 11 is 0. The predicted molar refractivity (Wildman–Crippen MR) is 183 cm³/mol. The fourth-order valence-electron chi connectivity index (χ4n) is 8.96. The van der Waals surface area contributed by atoms with Crippen LogP contribution in [0.3, 0.4) is 0 Å². The molecule has 1 aromatic heterocycles. The van der Waals surface area contributed by atoms with Gasteiger partial charge in [-0.2, -0.15) is 0 Å². The molecule has 2 heterocycles. The first-order chi connectivity index (χ1) is 23.4. The standard InChI is InChI=1S/C41H32N2O5/c44-39-41(31-18-9-10-19-32(31)42(39)25-26-12-3-1-4-13-26)34(28-15-5-2-6-16-28)38(43(46)47)40(45)23-11-20-33-35(40)36(41)37(48-33)30-22-21-27-14-7-8-17-29(27)24-30/h1-10,12-19,21-22,24,34,38,45H,11,20,23,25H2/t34-,38-,40+,41-/m1/s1. The maximum atomic E-state index is 15.8. The third kappa shape index (κ3) is 3.82. The van der Waals surface area contributed by atoms with E-state index in [1.807, 2.05) is 127 Å². The zero-order valence-electron chi connectivity index (χ0n) is 26.1. The van der Waals surface area contributed by atoms with E-state index in [0.29, 0.717) is 58.8 Å². The van der Waals surface area contributed by atoms with Crippen LogP contribution in [-0.4, -0.2) is 22.0 Å². The van der Waals surface area contributed by atoms with Crippen LogP contribution in [0.2, 0.25) is 0 Å². The molecule has 1 N–H and O–H groups in total. The highest BCUT2D eigenvalue weighted by Crippen LogP contribution is 2.66. The number of aliphatic hydroxyl groups is 1. The molecule has 236 valence electrons. The number of para-hydroxylation sites is 1. The number of rotatable bonds is 5. The first-order valence-corrected chi connectivity index (χ1v) is 16.4. The second-order valence-electron chi connectivity index (χ2n) is 13.3. The Balaban J connectivity index is 1.42. The number of nitro groups is 1. The first-order valence-electron chi connectivity index (χ1n) is 16.4. The van der Waals surface area contributed by atoms with Crippen molar-refractivity contribution in [1.82, 2.24) is 0 Å². The van der Waals surface area contributed by atoms with Crippen LogP contribution >= 0.6 is 0 Å². The van der Waals surface area contributed by atoms with Gasteiger partial charge in [-0.3, -0.25) is 14.9 Å². The molecule has 0 bridgehead atoms. The Labute approximate surface area is 277 Å². The minimum absolute atomic E-state index is 0.193. The fraction of sp³-hybridized carbons (Fsp3) is 0.195. The summed E-state index contributed by atoms with van der Waals surface area (Å²) in [4.78, 5) is 30.7. The molecule has 48 heavy (non-hydrogen) atoms. The van der Waals surface area contributed by atoms with E-state index in [1.165, 1.54) is 0 Å². The predicted octanol–water partition coefficient (Wildman–Crippen LogP) is 7.90. The molecule has 0 unspecified atom stereocenters. The molecular weight excluding hydrogens is 600 g/mol. The van der Waals surface area contributed by atoms with Crippen molar-refractivity contribution in [2.45, 2.75) is 48.8 Å². The molecular formula is C41H32N2O5. The molecule has 0 saturated carbocycles. The van der Waals surface area contributed by atoms with Crippen LogP contribution in [0.15, 0.2) is 132 Å². The normalized spacial score (nSPS) is 24.1. The van der Waals surface area contributed by atoms with Gasteiger partial charge in [0.15, 0.2) is 5.60 Å². The summed E-state index contributed by atoms with van der Waals surface area (Å²) in [7, 11) is 0. The largest absolute Gasteiger partial charge is 0.460 e. The van der Waals surface area contributed by atoms with Crippen molar-refractivity contribution in [1.29, 1.82) is 0 Å². The smallest absolute Gasteiger partial charge is 0.254 e. The number of furan rings is 1. The minimum Gasteiger partial charge on any atom is -0.460 e. The van der Waals surface area contributed by atoms with Crippen LogP contribution in [0.25, 0.3) is 22.1 Å². The topological polar surface area (TPSA) is 96.8 Å². The number of hydrogen-bond donors (Lipinski definition) is 1. The summed E-state index contributed by atoms with van der Waals surface area (Å²) in [5.41, 5.74) is 1.27. The summed E-state index contributed by atoms with van der Waals surface area (Å²) in [6.45, 7) is 0.290. The monoisotopic (exact) mass is 632 g/mol. The quantitative estimate of drug-likeness (QED) is 0.154. The Kier molecular flexibility index (Phi) is 6.27. The number of fused-ring (bicyclic) bond motifs is 4. The molecule has 0 fully saturated rings. The fourth-order valence-corrected chi connectivity index (χ4v) is 8.96. The summed E-state index contributed by atoms with van der Waals surface area (Å²) in [5.74, 6) is -0.292. The zero-order valence-corrected chi connectivity index (χ0v) is 26.1. The van der Waals surface area contributed by atoms with Crippen LogP contribution in [0, 0.1) is 10.1 Å². The average Bonchev–Trinajstić information content (AvgIpc) is 3.62. The molecule has 1 aliphatic heterocycles. The molecule has 4 atom stereocenters. The van der Waals surface area contributed by atoms with Crippen molar-refractivity contribution in [3.05, 3.63) is 171 Å². The van der Waals surface area contributed by atoms with Gasteiger partial charge in [-0.1, -0.05) is 115 Å². The number of nitrogens with zero attached hydrogens (tertiary/aromatic N) is 2. The number of anilines is 1. The van der Waals surface area contributed by atoms with Gasteiger partial charge in [0.05, 0.1) is 12.5 Å². The van der Waals surface area contributed by atoms with Gasteiger partial charge in [-0.15, -0.1) is 0 Å². The summed E-state index contributed by atoms with van der Waals surface area (Å²) < 4.78 is 6.80. The molecule has 6 aromatic rings. The van der Waals surface area contributed by atoms with Gasteiger partial charge in [0.25, 0.3) is 6.04 Å². The van der Waals surface area contributed by atoms with E-state index in [1.54, 1.807) is 4.90 Å². The van der Waals surface area contributed by atoms with E-state index in [2.05, 4.69) is 0 Å². The maximum absolute atomic E-state index is 15.8. The summed E-state index contributed by atoms with van der Waals surface area (Å²) in [6, 6.07) is 39.3. The van der Waals surface area contributed by atoms with Crippen molar-refractivity contribution in [2.24, 2.45) is 0 Å². The number of hydrogen-bond acceptors (Lipinski definition) is 5. The Morgan fingerprint density at radius 3 is 2.29 bits per heavy atom. The molecule has 1 spiro atoms. The first kappa shape index (κ1) is 28.7. The van der Waals surface area contributed by atoms with Gasteiger partial charge in [0.2, 0.25) is 5.91 Å². The Morgan fingerprint density at radius 2 is 1.52 bits per heavy atom. The van der Waals surface area contributed by atoms with Gasteiger partial charge in [0, 0.05) is 33.7 Å². The Morgan fingerprint density at radius 1 is 0.833 bits per heavy atom. The molecule has 0 saturated heterocycles.